The van der Waals surface area contributed by atoms with Gasteiger partial charge in [0.25, 0.3) is 0 Å². The monoisotopic (exact) mass is 337 g/mol. The SMILES string of the molecule is Cn1cc(CN2Cc3cccn3[C@@H](COCc3ccccn3)C2)cn1. The van der Waals surface area contributed by atoms with E-state index in [2.05, 4.69) is 44.1 Å². The summed E-state index contributed by atoms with van der Waals surface area (Å²) in [6.07, 6.45) is 7.99. The number of ether oxygens (including phenoxy) is 1. The van der Waals surface area contributed by atoms with E-state index in [9.17, 15) is 0 Å². The Labute approximate surface area is 147 Å². The molecule has 1 atom stereocenters. The molecule has 4 rings (SSSR count). The summed E-state index contributed by atoms with van der Waals surface area (Å²) in [7, 11) is 1.96. The molecule has 0 aliphatic carbocycles. The molecule has 6 nitrogen and oxygen atoms in total. The number of nitrogens with zero attached hydrogens (tertiary/aromatic N) is 5. The van der Waals surface area contributed by atoms with Crippen molar-refractivity contribution in [1.29, 1.82) is 0 Å². The van der Waals surface area contributed by atoms with E-state index in [1.807, 2.05) is 36.1 Å². The van der Waals surface area contributed by atoms with E-state index in [0.717, 1.165) is 25.3 Å². The largest absolute Gasteiger partial charge is 0.373 e. The van der Waals surface area contributed by atoms with E-state index in [1.54, 1.807) is 6.20 Å². The molecule has 0 unspecified atom stereocenters. The Morgan fingerprint density at radius 1 is 1.24 bits per heavy atom. The van der Waals surface area contributed by atoms with E-state index < -0.39 is 0 Å². The average molecular weight is 337 g/mol. The molecule has 130 valence electrons. The van der Waals surface area contributed by atoms with Crippen molar-refractivity contribution in [2.24, 2.45) is 7.05 Å². The molecule has 0 amide bonds. The van der Waals surface area contributed by atoms with Crippen LogP contribution in [-0.2, 0) is 31.5 Å². The molecule has 0 saturated heterocycles. The lowest BCUT2D eigenvalue weighted by Gasteiger charge is -2.34. The van der Waals surface area contributed by atoms with Gasteiger partial charge in [0.1, 0.15) is 0 Å². The lowest BCUT2D eigenvalue weighted by atomic mass is 10.1. The van der Waals surface area contributed by atoms with Crippen LogP contribution in [0.25, 0.3) is 0 Å². The fraction of sp³-hybridized carbons (Fsp3) is 0.368. The highest BCUT2D eigenvalue weighted by atomic mass is 16.5. The third-order valence-electron chi connectivity index (χ3n) is 4.57. The number of pyridine rings is 1. The van der Waals surface area contributed by atoms with Gasteiger partial charge in [-0.05, 0) is 24.3 Å². The Morgan fingerprint density at radius 2 is 2.20 bits per heavy atom. The first kappa shape index (κ1) is 16.1. The minimum Gasteiger partial charge on any atom is -0.373 e. The maximum atomic E-state index is 5.96. The molecule has 0 fully saturated rings. The van der Waals surface area contributed by atoms with E-state index >= 15 is 0 Å². The Hall–Kier alpha value is -2.44. The molecule has 6 heteroatoms. The summed E-state index contributed by atoms with van der Waals surface area (Å²) in [4.78, 5) is 6.78. The first-order valence-electron chi connectivity index (χ1n) is 8.61. The summed E-state index contributed by atoms with van der Waals surface area (Å²) in [5.74, 6) is 0. The Balaban J connectivity index is 1.40. The van der Waals surface area contributed by atoms with Crippen LogP contribution in [0.4, 0.5) is 0 Å². The summed E-state index contributed by atoms with van der Waals surface area (Å²) in [6, 6.07) is 10.5. The van der Waals surface area contributed by atoms with Crippen LogP contribution < -0.4 is 0 Å². The van der Waals surface area contributed by atoms with Gasteiger partial charge in [-0.15, -0.1) is 0 Å². The first-order chi connectivity index (χ1) is 12.3. The maximum Gasteiger partial charge on any atom is 0.0888 e. The van der Waals surface area contributed by atoms with Crippen LogP contribution in [0.5, 0.6) is 0 Å². The van der Waals surface area contributed by atoms with E-state index in [0.29, 0.717) is 19.3 Å². The molecule has 0 aromatic carbocycles. The number of aryl methyl sites for hydroxylation is 1. The summed E-state index contributed by atoms with van der Waals surface area (Å²) in [5, 5.41) is 4.27. The molecule has 4 heterocycles. The third kappa shape index (κ3) is 3.81. The van der Waals surface area contributed by atoms with Gasteiger partial charge >= 0.3 is 0 Å². The van der Waals surface area contributed by atoms with Gasteiger partial charge in [0.15, 0.2) is 0 Å². The van der Waals surface area contributed by atoms with Gasteiger partial charge in [-0.2, -0.15) is 5.10 Å². The number of hydrogen-bond acceptors (Lipinski definition) is 4. The molecule has 0 saturated carbocycles. The van der Waals surface area contributed by atoms with Gasteiger partial charge in [0, 0.05) is 56.5 Å². The Bertz CT molecular complexity index is 810. The van der Waals surface area contributed by atoms with Crippen molar-refractivity contribution in [2.45, 2.75) is 25.7 Å². The molecule has 3 aromatic heterocycles. The smallest absolute Gasteiger partial charge is 0.0888 e. The van der Waals surface area contributed by atoms with Crippen molar-refractivity contribution < 1.29 is 4.74 Å². The van der Waals surface area contributed by atoms with Crippen LogP contribution in [0.15, 0.2) is 55.1 Å². The second-order valence-corrected chi connectivity index (χ2v) is 6.59. The topological polar surface area (TPSA) is 48.1 Å². The van der Waals surface area contributed by atoms with Crippen LogP contribution in [0.2, 0.25) is 0 Å². The maximum absolute atomic E-state index is 5.96. The Kier molecular flexibility index (Phi) is 4.63. The predicted octanol–water partition coefficient (Wildman–Crippen LogP) is 2.39. The second-order valence-electron chi connectivity index (χ2n) is 6.59. The summed E-state index contributed by atoms with van der Waals surface area (Å²) in [5.41, 5.74) is 3.55. The van der Waals surface area contributed by atoms with Gasteiger partial charge in [-0.1, -0.05) is 6.07 Å². The highest BCUT2D eigenvalue weighted by molar-refractivity contribution is 5.13. The van der Waals surface area contributed by atoms with Gasteiger partial charge in [0.05, 0.1) is 31.1 Å². The molecule has 0 bridgehead atoms. The summed E-state index contributed by atoms with van der Waals surface area (Å²) < 4.78 is 10.2. The zero-order valence-electron chi connectivity index (χ0n) is 14.5. The van der Waals surface area contributed by atoms with Crippen LogP contribution in [0.1, 0.15) is 23.0 Å². The van der Waals surface area contributed by atoms with Crippen molar-refractivity contribution in [3.63, 3.8) is 0 Å². The fourth-order valence-electron chi connectivity index (χ4n) is 3.45. The standard InChI is InChI=1S/C19H23N5O/c1-22-10-16(9-21-22)11-23-12-18-6-4-8-24(18)19(13-23)15-25-14-17-5-2-3-7-20-17/h2-10,19H,11-15H2,1H3/t19-/m1/s1. The normalized spacial score (nSPS) is 17.6. The lowest BCUT2D eigenvalue weighted by molar-refractivity contribution is 0.0574. The third-order valence-corrected chi connectivity index (χ3v) is 4.57. The molecular formula is C19H23N5O. The van der Waals surface area contributed by atoms with Crippen LogP contribution in [-0.4, -0.2) is 37.4 Å². The van der Waals surface area contributed by atoms with Crippen molar-refractivity contribution in [1.82, 2.24) is 24.2 Å². The van der Waals surface area contributed by atoms with Gasteiger partial charge in [0.2, 0.25) is 0 Å². The molecule has 0 radical (unpaired) electrons. The zero-order chi connectivity index (χ0) is 17.1. The molecule has 0 spiro atoms. The van der Waals surface area contributed by atoms with Gasteiger partial charge in [-0.25, -0.2) is 0 Å². The van der Waals surface area contributed by atoms with E-state index in [4.69, 9.17) is 4.74 Å². The van der Waals surface area contributed by atoms with E-state index in [1.165, 1.54) is 11.3 Å². The van der Waals surface area contributed by atoms with Crippen molar-refractivity contribution >= 4 is 0 Å². The lowest BCUT2D eigenvalue weighted by Crippen LogP contribution is -2.38. The minimum atomic E-state index is 0.319. The van der Waals surface area contributed by atoms with Crippen molar-refractivity contribution in [3.8, 4) is 0 Å². The molecule has 25 heavy (non-hydrogen) atoms. The fourth-order valence-corrected chi connectivity index (χ4v) is 3.45. The first-order valence-corrected chi connectivity index (χ1v) is 8.61. The van der Waals surface area contributed by atoms with Gasteiger partial charge in [-0.3, -0.25) is 14.6 Å². The molecule has 1 aliphatic rings. The highest BCUT2D eigenvalue weighted by Gasteiger charge is 2.24. The summed E-state index contributed by atoms with van der Waals surface area (Å²) in [6.45, 7) is 4.07. The number of rotatable bonds is 6. The second kappa shape index (κ2) is 7.21. The van der Waals surface area contributed by atoms with Crippen molar-refractivity contribution in [2.75, 3.05) is 13.2 Å². The predicted molar refractivity (Wildman–Crippen MR) is 94.7 cm³/mol. The Morgan fingerprint density at radius 3 is 3.00 bits per heavy atom. The molecule has 0 N–H and O–H groups in total. The average Bonchev–Trinajstić information content (AvgIpc) is 3.25. The quantitative estimate of drug-likeness (QED) is 0.693. The number of hydrogen-bond donors (Lipinski definition) is 0. The van der Waals surface area contributed by atoms with E-state index in [-0.39, 0.29) is 0 Å². The van der Waals surface area contributed by atoms with Crippen LogP contribution >= 0.6 is 0 Å². The minimum absolute atomic E-state index is 0.319. The summed E-state index contributed by atoms with van der Waals surface area (Å²) >= 11 is 0. The van der Waals surface area contributed by atoms with Crippen LogP contribution in [0, 0.1) is 0 Å². The molecule has 3 aromatic rings. The number of aromatic nitrogens is 4. The van der Waals surface area contributed by atoms with Gasteiger partial charge < -0.3 is 9.30 Å². The molecular weight excluding hydrogens is 314 g/mol. The molecule has 1 aliphatic heterocycles. The van der Waals surface area contributed by atoms with Crippen molar-refractivity contribution in [3.05, 3.63) is 72.1 Å². The zero-order valence-corrected chi connectivity index (χ0v) is 14.5. The number of fused-ring (bicyclic) bond motifs is 1. The van der Waals surface area contributed by atoms with Crippen LogP contribution in [0.3, 0.4) is 0 Å². The highest BCUT2D eigenvalue weighted by Crippen LogP contribution is 2.23.